The molecule has 0 amide bonds. The molecule has 2 rings (SSSR count). The molecule has 0 fully saturated rings. The molecule has 0 radical (unpaired) electrons. The van der Waals surface area contributed by atoms with E-state index in [0.29, 0.717) is 0 Å². The number of hydrogen-bond donors (Lipinski definition) is 0. The van der Waals surface area contributed by atoms with Gasteiger partial charge in [-0.15, -0.1) is 22.2 Å². The van der Waals surface area contributed by atoms with Gasteiger partial charge in [0.15, 0.2) is 0 Å². The Bertz CT molecular complexity index is 653. The zero-order valence-electron chi connectivity index (χ0n) is 14.6. The molecule has 0 aliphatic heterocycles. The maximum Gasteiger partial charge on any atom is 0.310 e. The summed E-state index contributed by atoms with van der Waals surface area (Å²) >= 11 is 13.7. The second-order valence-electron chi connectivity index (χ2n) is 6.37. The molecule has 5 heteroatoms. The molecule has 0 heterocycles. The highest BCUT2D eigenvalue weighted by Crippen LogP contribution is 2.23. The van der Waals surface area contributed by atoms with Crippen LogP contribution in [0.1, 0.15) is 11.1 Å². The summed E-state index contributed by atoms with van der Waals surface area (Å²) in [7, 11) is 8.16. The fourth-order valence-electron chi connectivity index (χ4n) is 2.87. The number of halogens is 2. The molecule has 2 aromatic rings. The van der Waals surface area contributed by atoms with Crippen molar-refractivity contribution in [2.75, 3.05) is 38.0 Å². The predicted molar refractivity (Wildman–Crippen MR) is 108 cm³/mol. The van der Waals surface area contributed by atoms with Gasteiger partial charge in [-0.3, -0.25) is 0 Å². The van der Waals surface area contributed by atoms with Crippen LogP contribution in [-0.4, -0.2) is 34.9 Å². The summed E-state index contributed by atoms with van der Waals surface area (Å²) in [5, 5.41) is 2.06. The van der Waals surface area contributed by atoms with Crippen molar-refractivity contribution in [3.63, 3.8) is 0 Å². The first-order valence-electron chi connectivity index (χ1n) is 7.59. The molecule has 0 N–H and O–H groups in total. The van der Waals surface area contributed by atoms with Crippen LogP contribution >= 0.6 is 22.2 Å². The summed E-state index contributed by atoms with van der Waals surface area (Å²) in [6, 6.07) is 12.6. The topological polar surface area (TPSA) is 6.48 Å². The van der Waals surface area contributed by atoms with Crippen molar-refractivity contribution in [3.8, 4) is 0 Å². The van der Waals surface area contributed by atoms with Crippen LogP contribution in [0.4, 0.5) is 11.4 Å². The zero-order valence-corrected chi connectivity index (χ0v) is 17.1. The summed E-state index contributed by atoms with van der Waals surface area (Å²) in [6.07, 6.45) is 0. The number of hydrogen-bond acceptors (Lipinski definition) is 2. The van der Waals surface area contributed by atoms with Crippen LogP contribution in [0.3, 0.4) is 0 Å². The molecular weight excluding hydrogens is 343 g/mol. The first-order valence-corrected chi connectivity index (χ1v) is 11.6. The highest BCUT2D eigenvalue weighted by Gasteiger charge is 2.34. The van der Waals surface area contributed by atoms with E-state index in [1.807, 2.05) is 28.2 Å². The lowest BCUT2D eigenvalue weighted by Gasteiger charge is -2.23. The second-order valence-corrected chi connectivity index (χ2v) is 12.7. The summed E-state index contributed by atoms with van der Waals surface area (Å²) < 4.78 is 0. The molecule has 0 saturated carbocycles. The van der Waals surface area contributed by atoms with E-state index in [9.17, 15) is 0 Å². The van der Waals surface area contributed by atoms with E-state index in [2.05, 4.69) is 60.0 Å². The van der Waals surface area contributed by atoms with Crippen LogP contribution in [0, 0.1) is 13.8 Å². The van der Waals surface area contributed by atoms with Crippen LogP contribution in [0.15, 0.2) is 36.4 Å². The lowest BCUT2D eigenvalue weighted by atomic mass is 10.2. The van der Waals surface area contributed by atoms with Gasteiger partial charge >= 0.3 is 6.69 Å². The monoisotopic (exact) mass is 366 g/mol. The van der Waals surface area contributed by atoms with Gasteiger partial charge in [-0.25, -0.2) is 0 Å². The first-order chi connectivity index (χ1) is 10.6. The number of nitrogens with zero attached hydrogens (tertiary/aromatic N) is 2. The smallest absolute Gasteiger partial charge is 0.310 e. The Morgan fingerprint density at radius 2 is 1.04 bits per heavy atom. The van der Waals surface area contributed by atoms with Crippen molar-refractivity contribution in [2.24, 2.45) is 0 Å². The minimum atomic E-state index is -2.73. The van der Waals surface area contributed by atoms with E-state index in [1.165, 1.54) is 22.5 Å². The number of rotatable bonds is 4. The average Bonchev–Trinajstić information content (AvgIpc) is 2.46. The first kappa shape index (κ1) is 18.2. The molecule has 0 saturated heterocycles. The van der Waals surface area contributed by atoms with Gasteiger partial charge in [0.05, 0.1) is 0 Å². The van der Waals surface area contributed by atoms with E-state index >= 15 is 0 Å². The Kier molecular flexibility index (Phi) is 5.34. The summed E-state index contributed by atoms with van der Waals surface area (Å²) in [5.41, 5.74) is 4.75. The van der Waals surface area contributed by atoms with Crippen molar-refractivity contribution < 1.29 is 0 Å². The van der Waals surface area contributed by atoms with E-state index in [0.717, 1.165) is 10.4 Å². The van der Waals surface area contributed by atoms with Crippen LogP contribution in [0.25, 0.3) is 0 Å². The van der Waals surface area contributed by atoms with E-state index in [1.54, 1.807) is 0 Å². The van der Waals surface area contributed by atoms with Gasteiger partial charge in [0.1, 0.15) is 0 Å². The zero-order chi connectivity index (χ0) is 17.4. The minimum absolute atomic E-state index is 1.03. The van der Waals surface area contributed by atoms with E-state index < -0.39 is 6.69 Å². The highest BCUT2D eigenvalue weighted by atomic mass is 35.7. The molecule has 0 bridgehead atoms. The maximum absolute atomic E-state index is 6.87. The lowest BCUT2D eigenvalue weighted by molar-refractivity contribution is 1.12. The molecule has 0 aliphatic carbocycles. The van der Waals surface area contributed by atoms with Crippen LogP contribution in [-0.2, 0) is 0 Å². The Morgan fingerprint density at radius 3 is 1.30 bits per heavy atom. The molecule has 0 unspecified atom stereocenters. The fourth-order valence-corrected chi connectivity index (χ4v) is 6.00. The predicted octanol–water partition coefficient (Wildman–Crippen LogP) is 3.47. The molecule has 0 spiro atoms. The number of benzene rings is 2. The minimum Gasteiger partial charge on any atom is -0.377 e. The molecular formula is C18H24Cl2N2Si. The Balaban J connectivity index is 2.46. The standard InChI is InChI=1S/C18H24Cl2N2Si/c1-13-11-15(7-9-17(13)21(3)4)23(19,20)16-8-10-18(22(5)6)14(2)12-16/h7-12H,1-6H3. The van der Waals surface area contributed by atoms with Crippen molar-refractivity contribution in [2.45, 2.75) is 13.8 Å². The molecule has 0 aliphatic rings. The van der Waals surface area contributed by atoms with Crippen molar-refractivity contribution >= 4 is 50.6 Å². The third-order valence-corrected chi connectivity index (χ3v) is 8.77. The third kappa shape index (κ3) is 3.68. The molecule has 2 aromatic carbocycles. The molecule has 0 atom stereocenters. The number of aryl methyl sites for hydroxylation is 2. The summed E-state index contributed by atoms with van der Waals surface area (Å²) in [4.78, 5) is 4.20. The quantitative estimate of drug-likeness (QED) is 0.603. The van der Waals surface area contributed by atoms with Gasteiger partial charge in [0.25, 0.3) is 0 Å². The lowest BCUT2D eigenvalue weighted by Crippen LogP contribution is -2.49. The van der Waals surface area contributed by atoms with Gasteiger partial charge in [-0.05, 0) is 47.5 Å². The van der Waals surface area contributed by atoms with Crippen LogP contribution in [0.2, 0.25) is 0 Å². The third-order valence-electron chi connectivity index (χ3n) is 4.08. The van der Waals surface area contributed by atoms with Crippen molar-refractivity contribution in [1.82, 2.24) is 0 Å². The van der Waals surface area contributed by atoms with E-state index in [4.69, 9.17) is 22.2 Å². The fraction of sp³-hybridized carbons (Fsp3) is 0.333. The maximum atomic E-state index is 6.87. The summed E-state index contributed by atoms with van der Waals surface area (Å²) in [6.45, 7) is 1.46. The highest BCUT2D eigenvalue weighted by molar-refractivity contribution is 7.56. The summed E-state index contributed by atoms with van der Waals surface area (Å²) in [5.74, 6) is 0. The van der Waals surface area contributed by atoms with Crippen LogP contribution in [0.5, 0.6) is 0 Å². The molecule has 23 heavy (non-hydrogen) atoms. The Hall–Kier alpha value is -1.16. The Labute approximate surface area is 150 Å². The largest absolute Gasteiger partial charge is 0.377 e. The normalized spacial score (nSPS) is 11.5. The van der Waals surface area contributed by atoms with Crippen molar-refractivity contribution in [3.05, 3.63) is 47.5 Å². The SMILES string of the molecule is Cc1cc([Si](Cl)(Cl)c2ccc(N(C)C)c(C)c2)ccc1N(C)C. The van der Waals surface area contributed by atoms with Gasteiger partial charge in [0, 0.05) is 39.6 Å². The van der Waals surface area contributed by atoms with Gasteiger partial charge in [-0.2, -0.15) is 0 Å². The van der Waals surface area contributed by atoms with Gasteiger partial charge < -0.3 is 9.80 Å². The van der Waals surface area contributed by atoms with Crippen LogP contribution < -0.4 is 20.2 Å². The number of anilines is 2. The second kappa shape index (κ2) is 6.76. The molecule has 2 nitrogen and oxygen atoms in total. The van der Waals surface area contributed by atoms with Gasteiger partial charge in [-0.1, -0.05) is 24.3 Å². The van der Waals surface area contributed by atoms with Crippen molar-refractivity contribution in [1.29, 1.82) is 0 Å². The van der Waals surface area contributed by atoms with Gasteiger partial charge in [0.2, 0.25) is 0 Å². The molecule has 124 valence electrons. The van der Waals surface area contributed by atoms with E-state index in [-0.39, 0.29) is 0 Å². The Morgan fingerprint density at radius 1 is 0.696 bits per heavy atom. The average molecular weight is 367 g/mol. The molecule has 0 aromatic heterocycles.